The first kappa shape index (κ1) is 9.98. The summed E-state index contributed by atoms with van der Waals surface area (Å²) in [6, 6.07) is 5.03. The highest BCUT2D eigenvalue weighted by atomic mass is 16.7. The molecule has 0 fully saturated rings. The quantitative estimate of drug-likeness (QED) is 0.762. The van der Waals surface area contributed by atoms with Crippen molar-refractivity contribution < 1.29 is 19.4 Å². The third kappa shape index (κ3) is 2.10. The molecule has 4 heteroatoms. The Hall–Kier alpha value is -1.55. The minimum atomic E-state index is -0.622. The van der Waals surface area contributed by atoms with E-state index in [1.165, 1.54) is 0 Å². The average molecular weight is 208 g/mol. The maximum absolute atomic E-state index is 11.6. The predicted octanol–water partition coefficient (Wildman–Crippen LogP) is 1.37. The van der Waals surface area contributed by atoms with Gasteiger partial charge in [0, 0.05) is 12.0 Å². The van der Waals surface area contributed by atoms with E-state index in [0.29, 0.717) is 17.1 Å². The summed E-state index contributed by atoms with van der Waals surface area (Å²) >= 11 is 0. The van der Waals surface area contributed by atoms with Crippen molar-refractivity contribution in [2.45, 2.75) is 19.4 Å². The number of ketones is 1. The lowest BCUT2D eigenvalue weighted by Gasteiger charge is -2.04. The molecule has 0 saturated heterocycles. The fraction of sp³-hybridized carbons (Fsp3) is 0.364. The van der Waals surface area contributed by atoms with E-state index < -0.39 is 6.10 Å². The molecule has 1 aromatic carbocycles. The van der Waals surface area contributed by atoms with Crippen molar-refractivity contribution in [1.29, 1.82) is 0 Å². The normalized spacial score (nSPS) is 15.1. The number of benzene rings is 1. The molecule has 0 bridgehead atoms. The van der Waals surface area contributed by atoms with Gasteiger partial charge in [-0.15, -0.1) is 0 Å². The molecule has 0 aromatic heterocycles. The molecule has 0 aliphatic carbocycles. The number of aliphatic hydroxyl groups is 1. The van der Waals surface area contributed by atoms with E-state index in [2.05, 4.69) is 0 Å². The summed E-state index contributed by atoms with van der Waals surface area (Å²) in [5.41, 5.74) is 0.542. The molecule has 80 valence electrons. The van der Waals surface area contributed by atoms with E-state index in [1.807, 2.05) is 0 Å². The molecular weight excluding hydrogens is 196 g/mol. The minimum absolute atomic E-state index is 0.0942. The van der Waals surface area contributed by atoms with Crippen molar-refractivity contribution >= 4 is 5.78 Å². The van der Waals surface area contributed by atoms with Crippen molar-refractivity contribution in [2.75, 3.05) is 6.79 Å². The maximum Gasteiger partial charge on any atom is 0.231 e. The van der Waals surface area contributed by atoms with E-state index in [-0.39, 0.29) is 19.0 Å². The lowest BCUT2D eigenvalue weighted by Crippen LogP contribution is -2.09. The molecule has 1 aromatic rings. The van der Waals surface area contributed by atoms with Gasteiger partial charge < -0.3 is 14.6 Å². The molecule has 2 rings (SSSR count). The van der Waals surface area contributed by atoms with Gasteiger partial charge in [0.2, 0.25) is 6.79 Å². The second-order valence-corrected chi connectivity index (χ2v) is 3.54. The fourth-order valence-electron chi connectivity index (χ4n) is 1.46. The van der Waals surface area contributed by atoms with Gasteiger partial charge in [-0.1, -0.05) is 0 Å². The number of rotatable bonds is 3. The third-order valence-corrected chi connectivity index (χ3v) is 2.18. The lowest BCUT2D eigenvalue weighted by atomic mass is 10.1. The van der Waals surface area contributed by atoms with Crippen LogP contribution in [0.4, 0.5) is 0 Å². The van der Waals surface area contributed by atoms with Crippen LogP contribution in [0.3, 0.4) is 0 Å². The van der Waals surface area contributed by atoms with E-state index in [9.17, 15) is 4.79 Å². The van der Waals surface area contributed by atoms with Gasteiger partial charge in [0.25, 0.3) is 0 Å². The standard InChI is InChI=1S/C11H12O4/c1-7(12)4-9(13)8-2-3-10-11(5-8)15-6-14-10/h2-3,5,7,12H,4,6H2,1H3. The van der Waals surface area contributed by atoms with Gasteiger partial charge in [-0.05, 0) is 25.1 Å². The minimum Gasteiger partial charge on any atom is -0.454 e. The van der Waals surface area contributed by atoms with Crippen LogP contribution in [-0.4, -0.2) is 23.8 Å². The molecule has 1 heterocycles. The molecule has 1 N–H and O–H groups in total. The van der Waals surface area contributed by atoms with E-state index in [4.69, 9.17) is 14.6 Å². The van der Waals surface area contributed by atoms with Gasteiger partial charge in [-0.3, -0.25) is 4.79 Å². The van der Waals surface area contributed by atoms with Crippen molar-refractivity contribution in [3.8, 4) is 11.5 Å². The Balaban J connectivity index is 2.19. The molecule has 0 saturated carbocycles. The maximum atomic E-state index is 11.6. The van der Waals surface area contributed by atoms with Crippen molar-refractivity contribution in [1.82, 2.24) is 0 Å². The Labute approximate surface area is 87.4 Å². The largest absolute Gasteiger partial charge is 0.454 e. The zero-order valence-corrected chi connectivity index (χ0v) is 8.40. The summed E-state index contributed by atoms with van der Waals surface area (Å²) in [5.74, 6) is 1.15. The number of Topliss-reactive ketones (excluding diaryl/α,β-unsaturated/α-hetero) is 1. The molecule has 4 nitrogen and oxygen atoms in total. The molecule has 1 aliphatic rings. The highest BCUT2D eigenvalue weighted by molar-refractivity contribution is 5.97. The second kappa shape index (κ2) is 3.90. The highest BCUT2D eigenvalue weighted by Gasteiger charge is 2.16. The van der Waals surface area contributed by atoms with Crippen molar-refractivity contribution in [2.24, 2.45) is 0 Å². The fourth-order valence-corrected chi connectivity index (χ4v) is 1.46. The number of ether oxygens (including phenoxy) is 2. The van der Waals surface area contributed by atoms with Crippen LogP contribution >= 0.6 is 0 Å². The van der Waals surface area contributed by atoms with Crippen LogP contribution in [-0.2, 0) is 0 Å². The number of fused-ring (bicyclic) bond motifs is 1. The summed E-state index contributed by atoms with van der Waals surface area (Å²) in [5, 5.41) is 9.10. The highest BCUT2D eigenvalue weighted by Crippen LogP contribution is 2.32. The van der Waals surface area contributed by atoms with Crippen molar-refractivity contribution in [3.63, 3.8) is 0 Å². The van der Waals surface area contributed by atoms with Gasteiger partial charge in [0.15, 0.2) is 17.3 Å². The molecule has 15 heavy (non-hydrogen) atoms. The Kier molecular flexibility index (Phi) is 2.60. The summed E-state index contributed by atoms with van der Waals surface area (Å²) in [4.78, 5) is 11.6. The summed E-state index contributed by atoms with van der Waals surface area (Å²) < 4.78 is 10.3. The van der Waals surface area contributed by atoms with Crippen LogP contribution in [0.25, 0.3) is 0 Å². The van der Waals surface area contributed by atoms with Crippen molar-refractivity contribution in [3.05, 3.63) is 23.8 Å². The molecule has 0 spiro atoms. The van der Waals surface area contributed by atoms with Crippen LogP contribution in [0, 0.1) is 0 Å². The molecule has 1 aliphatic heterocycles. The SMILES string of the molecule is CC(O)CC(=O)c1ccc2c(c1)OCO2. The molecule has 0 radical (unpaired) electrons. The Morgan fingerprint density at radius 3 is 2.93 bits per heavy atom. The Morgan fingerprint density at radius 2 is 2.20 bits per heavy atom. The van der Waals surface area contributed by atoms with Gasteiger partial charge >= 0.3 is 0 Å². The lowest BCUT2D eigenvalue weighted by molar-refractivity contribution is 0.0901. The van der Waals surface area contributed by atoms with Gasteiger partial charge in [0.1, 0.15) is 0 Å². The average Bonchev–Trinajstić information content (AvgIpc) is 2.62. The number of carbonyl (C=O) groups excluding carboxylic acids is 1. The summed E-state index contributed by atoms with van der Waals surface area (Å²) in [6.07, 6.45) is -0.498. The van der Waals surface area contributed by atoms with Gasteiger partial charge in [0.05, 0.1) is 6.10 Å². The number of hydrogen-bond acceptors (Lipinski definition) is 4. The topological polar surface area (TPSA) is 55.8 Å². The van der Waals surface area contributed by atoms with Crippen LogP contribution in [0.1, 0.15) is 23.7 Å². The van der Waals surface area contributed by atoms with Crippen LogP contribution < -0.4 is 9.47 Å². The Bertz CT molecular complexity index is 384. The monoisotopic (exact) mass is 208 g/mol. The molecule has 1 atom stereocenters. The third-order valence-electron chi connectivity index (χ3n) is 2.18. The van der Waals surface area contributed by atoms with Crippen LogP contribution in [0.2, 0.25) is 0 Å². The van der Waals surface area contributed by atoms with E-state index in [1.54, 1.807) is 25.1 Å². The molecule has 0 amide bonds. The first-order valence-corrected chi connectivity index (χ1v) is 4.78. The number of aliphatic hydroxyl groups excluding tert-OH is 1. The van der Waals surface area contributed by atoms with Gasteiger partial charge in [-0.25, -0.2) is 0 Å². The van der Waals surface area contributed by atoms with E-state index in [0.717, 1.165) is 0 Å². The summed E-state index contributed by atoms with van der Waals surface area (Å²) in [7, 11) is 0. The predicted molar refractivity (Wildman–Crippen MR) is 53.2 cm³/mol. The molecular formula is C11H12O4. The zero-order chi connectivity index (χ0) is 10.8. The van der Waals surface area contributed by atoms with E-state index >= 15 is 0 Å². The van der Waals surface area contributed by atoms with Crippen LogP contribution in [0.15, 0.2) is 18.2 Å². The number of carbonyl (C=O) groups is 1. The number of hydrogen-bond donors (Lipinski definition) is 1. The Morgan fingerprint density at radius 1 is 1.47 bits per heavy atom. The van der Waals surface area contributed by atoms with Gasteiger partial charge in [-0.2, -0.15) is 0 Å². The van der Waals surface area contributed by atoms with Crippen LogP contribution in [0.5, 0.6) is 11.5 Å². The summed E-state index contributed by atoms with van der Waals surface area (Å²) in [6.45, 7) is 1.79. The zero-order valence-electron chi connectivity index (χ0n) is 8.40. The smallest absolute Gasteiger partial charge is 0.231 e. The molecule has 1 unspecified atom stereocenters. The first-order chi connectivity index (χ1) is 7.16. The second-order valence-electron chi connectivity index (χ2n) is 3.54. The first-order valence-electron chi connectivity index (χ1n) is 4.78.